The fourth-order valence-electron chi connectivity index (χ4n) is 5.09. The predicted molar refractivity (Wildman–Crippen MR) is 108 cm³/mol. The third kappa shape index (κ3) is 2.33. The smallest absolute Gasteiger partial charge is 0.166 e. The van der Waals surface area contributed by atoms with Gasteiger partial charge in [0, 0.05) is 24.0 Å². The number of anilines is 1. The first kappa shape index (κ1) is 16.8. The molecular formula is C22H22FN5O. The molecule has 1 N–H and O–H groups in total. The van der Waals surface area contributed by atoms with Crippen molar-refractivity contribution in [3.05, 3.63) is 60.2 Å². The van der Waals surface area contributed by atoms with E-state index in [0.717, 1.165) is 53.4 Å². The molecule has 1 spiro atoms. The van der Waals surface area contributed by atoms with Gasteiger partial charge >= 0.3 is 0 Å². The fourth-order valence-corrected chi connectivity index (χ4v) is 5.09. The van der Waals surface area contributed by atoms with Crippen molar-refractivity contribution in [1.29, 1.82) is 0 Å². The van der Waals surface area contributed by atoms with Gasteiger partial charge < -0.3 is 15.0 Å². The van der Waals surface area contributed by atoms with Gasteiger partial charge in [-0.25, -0.2) is 13.9 Å². The third-order valence-corrected chi connectivity index (χ3v) is 6.53. The van der Waals surface area contributed by atoms with E-state index in [9.17, 15) is 4.39 Å². The molecule has 4 heterocycles. The van der Waals surface area contributed by atoms with Crippen molar-refractivity contribution < 1.29 is 9.13 Å². The van der Waals surface area contributed by atoms with Crippen LogP contribution in [0.15, 0.2) is 43.2 Å². The molecule has 3 aromatic rings. The number of nitrogens with zero attached hydrogens (tertiary/aromatic N) is 4. The fraction of sp³-hybridized carbons (Fsp3) is 0.364. The minimum Gasteiger partial charge on any atom is -0.491 e. The van der Waals surface area contributed by atoms with Gasteiger partial charge in [-0.2, -0.15) is 5.10 Å². The zero-order chi connectivity index (χ0) is 19.8. The van der Waals surface area contributed by atoms with Crippen LogP contribution in [0.4, 0.5) is 10.2 Å². The van der Waals surface area contributed by atoms with Gasteiger partial charge in [-0.15, -0.1) is 0 Å². The van der Waals surface area contributed by atoms with Crippen LogP contribution in [0.1, 0.15) is 30.9 Å². The molecule has 1 aliphatic carbocycles. The molecule has 2 bridgehead atoms. The predicted octanol–water partition coefficient (Wildman–Crippen LogP) is 3.34. The van der Waals surface area contributed by atoms with E-state index in [1.54, 1.807) is 22.8 Å². The Morgan fingerprint density at radius 3 is 3.10 bits per heavy atom. The van der Waals surface area contributed by atoms with Gasteiger partial charge in [0.05, 0.1) is 23.3 Å². The van der Waals surface area contributed by atoms with Crippen LogP contribution in [0, 0.1) is 11.7 Å². The zero-order valence-corrected chi connectivity index (χ0v) is 16.2. The summed E-state index contributed by atoms with van der Waals surface area (Å²) in [6.07, 6.45) is 5.79. The molecule has 3 aliphatic rings. The molecule has 7 heteroatoms. The molecule has 29 heavy (non-hydrogen) atoms. The largest absolute Gasteiger partial charge is 0.491 e. The summed E-state index contributed by atoms with van der Waals surface area (Å²) in [7, 11) is 0. The number of ether oxygens (including phenoxy) is 1. The van der Waals surface area contributed by atoms with Crippen molar-refractivity contribution >= 4 is 17.2 Å². The van der Waals surface area contributed by atoms with Crippen molar-refractivity contribution in [1.82, 2.24) is 19.9 Å². The first-order valence-corrected chi connectivity index (χ1v) is 10.1. The van der Waals surface area contributed by atoms with Gasteiger partial charge in [-0.05, 0) is 49.9 Å². The molecule has 6 nitrogen and oxygen atoms in total. The number of benzene rings is 1. The van der Waals surface area contributed by atoms with Crippen molar-refractivity contribution in [2.45, 2.75) is 31.3 Å². The Morgan fingerprint density at radius 1 is 1.34 bits per heavy atom. The summed E-state index contributed by atoms with van der Waals surface area (Å²) in [6.45, 7) is 7.57. The van der Waals surface area contributed by atoms with Gasteiger partial charge in [-0.1, -0.05) is 6.58 Å². The number of nitrogens with one attached hydrogen (secondary N) is 1. The molecule has 0 amide bonds. The number of halogens is 1. The van der Waals surface area contributed by atoms with E-state index in [1.165, 1.54) is 6.07 Å². The van der Waals surface area contributed by atoms with Gasteiger partial charge in [-0.3, -0.25) is 0 Å². The highest BCUT2D eigenvalue weighted by Crippen LogP contribution is 2.64. The van der Waals surface area contributed by atoms with Crippen LogP contribution in [0.25, 0.3) is 11.3 Å². The van der Waals surface area contributed by atoms with E-state index in [2.05, 4.69) is 21.9 Å². The molecule has 2 unspecified atom stereocenters. The summed E-state index contributed by atoms with van der Waals surface area (Å²) < 4.78 is 22.2. The molecule has 1 saturated carbocycles. The molecule has 2 fully saturated rings. The topological polar surface area (TPSA) is 54.7 Å². The lowest BCUT2D eigenvalue weighted by molar-refractivity contribution is 0.279. The average Bonchev–Trinajstić information content (AvgIpc) is 3.09. The molecule has 1 saturated heterocycles. The summed E-state index contributed by atoms with van der Waals surface area (Å²) in [5.41, 5.74) is 3.10. The Morgan fingerprint density at radius 2 is 2.24 bits per heavy atom. The van der Waals surface area contributed by atoms with Crippen molar-refractivity contribution in [3.63, 3.8) is 0 Å². The third-order valence-electron chi connectivity index (χ3n) is 6.53. The molecule has 1 aromatic carbocycles. The Balaban J connectivity index is 1.57. The first-order chi connectivity index (χ1) is 14.1. The second kappa shape index (κ2) is 5.72. The summed E-state index contributed by atoms with van der Waals surface area (Å²) in [5, 5.41) is 7.81. The number of piperidine rings is 1. The maximum atomic E-state index is 14.3. The van der Waals surface area contributed by atoms with Crippen molar-refractivity contribution in [3.8, 4) is 5.75 Å². The van der Waals surface area contributed by atoms with Crippen molar-refractivity contribution in [2.75, 3.05) is 18.1 Å². The number of hydrogen-bond donors (Lipinski definition) is 1. The maximum Gasteiger partial charge on any atom is 0.166 e. The minimum absolute atomic E-state index is 0.0199. The molecular weight excluding hydrogens is 369 g/mol. The zero-order valence-electron chi connectivity index (χ0n) is 16.2. The van der Waals surface area contributed by atoms with Crippen LogP contribution in [-0.4, -0.2) is 33.8 Å². The molecule has 3 atom stereocenters. The Kier molecular flexibility index (Phi) is 3.32. The van der Waals surface area contributed by atoms with Gasteiger partial charge in [0.2, 0.25) is 0 Å². The Hall–Kier alpha value is -3.09. The van der Waals surface area contributed by atoms with Crippen LogP contribution < -0.4 is 15.0 Å². The number of fused-ring (bicyclic) bond motifs is 3. The lowest BCUT2D eigenvalue weighted by Crippen LogP contribution is -2.34. The Bertz CT molecular complexity index is 1160. The van der Waals surface area contributed by atoms with Crippen LogP contribution >= 0.6 is 0 Å². The van der Waals surface area contributed by atoms with Crippen LogP contribution in [0.3, 0.4) is 0 Å². The lowest BCUT2D eigenvalue weighted by atomic mass is 10.0. The average molecular weight is 391 g/mol. The molecule has 2 aliphatic heterocycles. The summed E-state index contributed by atoms with van der Waals surface area (Å²) in [4.78, 5) is 7.28. The molecule has 6 rings (SSSR count). The summed E-state index contributed by atoms with van der Waals surface area (Å²) >= 11 is 0. The second-order valence-electron chi connectivity index (χ2n) is 8.35. The summed E-state index contributed by atoms with van der Waals surface area (Å²) in [6, 6.07) is 6.89. The second-order valence-corrected chi connectivity index (χ2v) is 8.35. The van der Waals surface area contributed by atoms with Gasteiger partial charge in [0.1, 0.15) is 24.0 Å². The normalized spacial score (nSPS) is 27.8. The molecule has 0 radical (unpaired) electrons. The number of aromatic nitrogens is 3. The van der Waals surface area contributed by atoms with Crippen LogP contribution in [-0.2, 0) is 5.54 Å². The minimum atomic E-state index is -0.245. The van der Waals surface area contributed by atoms with Crippen LogP contribution in [0.5, 0.6) is 5.75 Å². The number of hydrogen-bond acceptors (Lipinski definition) is 5. The van der Waals surface area contributed by atoms with Crippen LogP contribution in [0.2, 0.25) is 0 Å². The first-order valence-electron chi connectivity index (χ1n) is 10.1. The van der Waals surface area contributed by atoms with E-state index in [4.69, 9.17) is 9.72 Å². The van der Waals surface area contributed by atoms with E-state index in [1.807, 2.05) is 19.2 Å². The highest BCUT2D eigenvalue weighted by atomic mass is 19.1. The lowest BCUT2D eigenvalue weighted by Gasteiger charge is -2.31. The Labute approximate surface area is 168 Å². The molecule has 148 valence electrons. The summed E-state index contributed by atoms with van der Waals surface area (Å²) in [5.74, 6) is 1.90. The van der Waals surface area contributed by atoms with Crippen molar-refractivity contribution in [2.24, 2.45) is 5.92 Å². The highest BCUT2D eigenvalue weighted by Gasteiger charge is 2.64. The highest BCUT2D eigenvalue weighted by molar-refractivity contribution is 5.74. The van der Waals surface area contributed by atoms with E-state index in [-0.39, 0.29) is 17.4 Å². The number of rotatable bonds is 0. The monoisotopic (exact) mass is 391 g/mol. The molecule has 2 aromatic heterocycles. The quantitative estimate of drug-likeness (QED) is 0.637. The van der Waals surface area contributed by atoms with E-state index < -0.39 is 0 Å². The van der Waals surface area contributed by atoms with E-state index >= 15 is 0 Å². The van der Waals surface area contributed by atoms with E-state index in [0.29, 0.717) is 12.5 Å². The maximum absolute atomic E-state index is 14.3. The van der Waals surface area contributed by atoms with Gasteiger partial charge in [0.25, 0.3) is 0 Å². The van der Waals surface area contributed by atoms with Gasteiger partial charge in [0.15, 0.2) is 5.65 Å². The standard InChI is InChI=1S/C22H22FN5O/c1-13-12-29-19-4-3-16(23)9-18(19)22-10-15(22)5-7-27(22)20-6-8-28-21(26-20)17(11-24-28)14(2)25-13/h3-4,6,8-9,11,13,15,25H,2,5,7,10,12H2,1H3/t13-,15?,22?/m1/s1. The SMILES string of the molecule is C=C1N[C@H](C)COc2ccc(F)cc2C23CC2CCN3c2ccn3ncc1c3n2.